The van der Waals surface area contributed by atoms with Crippen molar-refractivity contribution in [1.82, 2.24) is 0 Å². The van der Waals surface area contributed by atoms with Crippen molar-refractivity contribution in [2.45, 2.75) is 45.7 Å². The van der Waals surface area contributed by atoms with Gasteiger partial charge in [0.2, 0.25) is 5.75 Å². The van der Waals surface area contributed by atoms with Crippen LogP contribution in [-0.4, -0.2) is 33.5 Å². The third-order valence-corrected chi connectivity index (χ3v) is 6.65. The molecule has 0 heterocycles. The molecule has 0 fully saturated rings. The predicted molar refractivity (Wildman–Crippen MR) is 119 cm³/mol. The highest BCUT2D eigenvalue weighted by atomic mass is 31.2. The fourth-order valence-electron chi connectivity index (χ4n) is 3.07. The smallest absolute Gasteiger partial charge is 0.357 e. The van der Waals surface area contributed by atoms with Crippen LogP contribution in [0.25, 0.3) is 0 Å². The van der Waals surface area contributed by atoms with Crippen LogP contribution in [0.1, 0.15) is 39.0 Å². The summed E-state index contributed by atoms with van der Waals surface area (Å²) < 4.78 is 55.9. The first-order valence-corrected chi connectivity index (χ1v) is 11.5. The van der Waals surface area contributed by atoms with Crippen LogP contribution < -0.4 is 19.5 Å². The van der Waals surface area contributed by atoms with Gasteiger partial charge >= 0.3 is 7.60 Å². The van der Waals surface area contributed by atoms with Crippen molar-refractivity contribution in [3.63, 3.8) is 0 Å². The van der Waals surface area contributed by atoms with Crippen LogP contribution in [0.2, 0.25) is 0 Å². The van der Waals surface area contributed by atoms with E-state index < -0.39 is 19.2 Å². The third-order valence-electron chi connectivity index (χ3n) is 4.16. The number of halogens is 1. The van der Waals surface area contributed by atoms with Gasteiger partial charge in [0.15, 0.2) is 17.3 Å². The maximum Gasteiger partial charge on any atom is 0.357 e. The van der Waals surface area contributed by atoms with Crippen LogP contribution in [-0.2, 0) is 13.6 Å². The summed E-state index contributed by atoms with van der Waals surface area (Å²) in [5, 5.41) is 3.12. The van der Waals surface area contributed by atoms with E-state index in [9.17, 15) is 8.96 Å². The Bertz CT molecular complexity index is 882. The van der Waals surface area contributed by atoms with E-state index in [1.54, 1.807) is 52.0 Å². The zero-order valence-corrected chi connectivity index (χ0v) is 19.9. The average molecular weight is 455 g/mol. The van der Waals surface area contributed by atoms with Crippen LogP contribution in [0, 0.1) is 5.82 Å². The number of methoxy groups -OCH3 is 3. The highest BCUT2D eigenvalue weighted by Crippen LogP contribution is 2.63. The highest BCUT2D eigenvalue weighted by Gasteiger charge is 2.40. The zero-order chi connectivity index (χ0) is 23.2. The van der Waals surface area contributed by atoms with Gasteiger partial charge in [-0.2, -0.15) is 0 Å². The Morgan fingerprint density at radius 1 is 0.871 bits per heavy atom. The molecule has 172 valence electrons. The molecule has 9 heteroatoms. The average Bonchev–Trinajstić information content (AvgIpc) is 2.69. The normalized spacial score (nSPS) is 12.7. The Morgan fingerprint density at radius 2 is 1.42 bits per heavy atom. The SMILES string of the molecule is COc1cc(C(Nc2cccc(F)c2)P(=O)(OC(C)C)OC(C)C)cc(OC)c1OC. The van der Waals surface area contributed by atoms with Gasteiger partial charge < -0.3 is 28.6 Å². The minimum absolute atomic E-state index is 0.378. The number of nitrogens with one attached hydrogen (secondary N) is 1. The molecule has 31 heavy (non-hydrogen) atoms. The molecular weight excluding hydrogens is 424 g/mol. The number of hydrogen-bond donors (Lipinski definition) is 1. The van der Waals surface area contributed by atoms with Gasteiger partial charge in [-0.05, 0) is 63.6 Å². The summed E-state index contributed by atoms with van der Waals surface area (Å²) in [6, 6.07) is 9.19. The molecule has 0 radical (unpaired) electrons. The van der Waals surface area contributed by atoms with Crippen molar-refractivity contribution in [1.29, 1.82) is 0 Å². The Hall–Kier alpha value is -2.28. The standard InChI is InChI=1S/C22H31FNO6P/c1-14(2)29-31(25,30-15(3)4)22(24-18-10-8-9-17(23)13-18)16-11-19(26-5)21(28-7)20(12-16)27-6/h8-15,22,24H,1-7H3. The summed E-state index contributed by atoms with van der Waals surface area (Å²) in [4.78, 5) is 0. The van der Waals surface area contributed by atoms with Crippen LogP contribution >= 0.6 is 7.60 Å². The quantitative estimate of drug-likeness (QED) is 0.416. The number of ether oxygens (including phenoxy) is 3. The molecule has 0 amide bonds. The van der Waals surface area contributed by atoms with Crippen molar-refractivity contribution in [2.75, 3.05) is 26.6 Å². The first-order valence-electron chi connectivity index (χ1n) is 9.92. The molecule has 0 aromatic heterocycles. The molecule has 0 spiro atoms. The zero-order valence-electron chi connectivity index (χ0n) is 19.0. The van der Waals surface area contributed by atoms with Crippen molar-refractivity contribution in [2.24, 2.45) is 0 Å². The molecule has 0 aliphatic rings. The van der Waals surface area contributed by atoms with E-state index >= 15 is 0 Å². The monoisotopic (exact) mass is 455 g/mol. The Kier molecular flexibility index (Phi) is 8.74. The van der Waals surface area contributed by atoms with Gasteiger partial charge in [0.05, 0.1) is 33.5 Å². The summed E-state index contributed by atoms with van der Waals surface area (Å²) in [7, 11) is 0.665. The second kappa shape index (κ2) is 10.8. The highest BCUT2D eigenvalue weighted by molar-refractivity contribution is 7.54. The first kappa shape index (κ1) is 25.0. The molecule has 1 atom stereocenters. The van der Waals surface area contributed by atoms with Gasteiger partial charge in [-0.3, -0.25) is 4.57 Å². The summed E-state index contributed by atoms with van der Waals surface area (Å²) in [5.74, 6) is -0.263. The van der Waals surface area contributed by atoms with E-state index in [4.69, 9.17) is 23.3 Å². The molecule has 0 saturated heterocycles. The van der Waals surface area contributed by atoms with Crippen molar-refractivity contribution < 1.29 is 32.2 Å². The largest absolute Gasteiger partial charge is 0.493 e. The minimum atomic E-state index is -3.81. The van der Waals surface area contributed by atoms with E-state index in [2.05, 4.69) is 5.32 Å². The van der Waals surface area contributed by atoms with Gasteiger partial charge in [-0.15, -0.1) is 0 Å². The lowest BCUT2D eigenvalue weighted by molar-refractivity contribution is 0.138. The Labute approximate surface area is 183 Å². The van der Waals surface area contributed by atoms with Crippen molar-refractivity contribution >= 4 is 13.3 Å². The molecule has 1 N–H and O–H groups in total. The van der Waals surface area contributed by atoms with Crippen molar-refractivity contribution in [3.05, 3.63) is 47.8 Å². The molecule has 1 unspecified atom stereocenters. The maximum atomic E-state index is 14.1. The van der Waals surface area contributed by atoms with E-state index in [-0.39, 0.29) is 12.2 Å². The second-order valence-electron chi connectivity index (χ2n) is 7.36. The number of rotatable bonds is 11. The number of anilines is 1. The number of benzene rings is 2. The summed E-state index contributed by atoms with van der Waals surface area (Å²) >= 11 is 0. The Balaban J connectivity index is 2.70. The maximum absolute atomic E-state index is 14.1. The third kappa shape index (κ3) is 6.35. The lowest BCUT2D eigenvalue weighted by Gasteiger charge is -2.31. The fourth-order valence-corrected chi connectivity index (χ4v) is 5.36. The van der Waals surface area contributed by atoms with Crippen LogP contribution in [0.4, 0.5) is 10.1 Å². The Morgan fingerprint density at radius 3 is 1.84 bits per heavy atom. The van der Waals surface area contributed by atoms with Crippen LogP contribution in [0.3, 0.4) is 0 Å². The molecular formula is C22H31FNO6P. The van der Waals surface area contributed by atoms with Crippen LogP contribution in [0.15, 0.2) is 36.4 Å². The lowest BCUT2D eigenvalue weighted by atomic mass is 10.1. The van der Waals surface area contributed by atoms with Crippen LogP contribution in [0.5, 0.6) is 17.2 Å². The molecule has 2 rings (SSSR count). The van der Waals surface area contributed by atoms with Gasteiger partial charge in [0, 0.05) is 5.69 Å². The van der Waals surface area contributed by atoms with Gasteiger partial charge in [0.1, 0.15) is 5.82 Å². The van der Waals surface area contributed by atoms with Crippen molar-refractivity contribution in [3.8, 4) is 17.2 Å². The summed E-state index contributed by atoms with van der Waals surface area (Å²) in [5.41, 5.74) is 0.919. The van der Waals surface area contributed by atoms with Gasteiger partial charge in [-0.25, -0.2) is 4.39 Å². The van der Waals surface area contributed by atoms with E-state index in [0.29, 0.717) is 28.5 Å². The molecule has 2 aromatic rings. The molecule has 7 nitrogen and oxygen atoms in total. The van der Waals surface area contributed by atoms with Gasteiger partial charge in [0.25, 0.3) is 0 Å². The summed E-state index contributed by atoms with van der Waals surface area (Å²) in [6.45, 7) is 7.07. The van der Waals surface area contributed by atoms with E-state index in [1.165, 1.54) is 33.5 Å². The lowest BCUT2D eigenvalue weighted by Crippen LogP contribution is -2.19. The predicted octanol–water partition coefficient (Wildman–Crippen LogP) is 6.01. The first-order chi connectivity index (χ1) is 14.6. The molecule has 0 saturated carbocycles. The number of hydrogen-bond acceptors (Lipinski definition) is 7. The summed E-state index contributed by atoms with van der Waals surface area (Å²) in [6.07, 6.45) is -0.771. The molecule has 2 aromatic carbocycles. The molecule has 0 bridgehead atoms. The fraction of sp³-hybridized carbons (Fsp3) is 0.455. The minimum Gasteiger partial charge on any atom is -0.493 e. The van der Waals surface area contributed by atoms with Gasteiger partial charge in [-0.1, -0.05) is 6.07 Å². The molecule has 0 aliphatic heterocycles. The molecule has 0 aliphatic carbocycles. The second-order valence-corrected chi connectivity index (χ2v) is 9.38. The topological polar surface area (TPSA) is 75.3 Å². The van der Waals surface area contributed by atoms with E-state index in [0.717, 1.165) is 0 Å². The van der Waals surface area contributed by atoms with E-state index in [1.807, 2.05) is 0 Å².